The molecule has 0 radical (unpaired) electrons. The Morgan fingerprint density at radius 1 is 1.62 bits per heavy atom. The van der Waals surface area contributed by atoms with Gasteiger partial charge in [-0.15, -0.1) is 11.3 Å². The van der Waals surface area contributed by atoms with Crippen LogP contribution >= 0.6 is 23.6 Å². The van der Waals surface area contributed by atoms with Crippen LogP contribution in [-0.2, 0) is 9.84 Å². The molecule has 16 heavy (non-hydrogen) atoms. The first-order chi connectivity index (χ1) is 7.55. The largest absolute Gasteiger partial charge is 0.359 e. The Bertz CT molecular complexity index is 469. The molecule has 88 valence electrons. The molecule has 0 unspecified atom stereocenters. The van der Waals surface area contributed by atoms with E-state index < -0.39 is 9.84 Å². The molecule has 1 atom stereocenters. The minimum absolute atomic E-state index is 0.0787. The quantitative estimate of drug-likeness (QED) is 0.772. The summed E-state index contributed by atoms with van der Waals surface area (Å²) in [7, 11) is -2.87. The third kappa shape index (κ3) is 3.13. The Hall–Kier alpha value is -0.730. The van der Waals surface area contributed by atoms with E-state index in [4.69, 9.17) is 12.2 Å². The molecule has 1 fully saturated rings. The van der Waals surface area contributed by atoms with Crippen LogP contribution in [0.2, 0.25) is 0 Å². The van der Waals surface area contributed by atoms with Crippen molar-refractivity contribution in [1.29, 1.82) is 0 Å². The van der Waals surface area contributed by atoms with Crippen LogP contribution in [0.25, 0.3) is 0 Å². The highest BCUT2D eigenvalue weighted by atomic mass is 32.2. The molecule has 2 heterocycles. The molecular weight excluding hydrogens is 266 g/mol. The van der Waals surface area contributed by atoms with Gasteiger partial charge < -0.3 is 10.6 Å². The summed E-state index contributed by atoms with van der Waals surface area (Å²) in [5.74, 6) is 0.400. The van der Waals surface area contributed by atoms with E-state index >= 15 is 0 Å². The van der Waals surface area contributed by atoms with Gasteiger partial charge in [0.05, 0.1) is 11.5 Å². The van der Waals surface area contributed by atoms with Gasteiger partial charge in [0, 0.05) is 17.6 Å². The second-order valence-electron chi connectivity index (χ2n) is 3.54. The average Bonchev–Trinajstić information content (AvgIpc) is 2.76. The molecule has 1 aliphatic heterocycles. The third-order valence-electron chi connectivity index (χ3n) is 2.22. The maximum Gasteiger partial charge on any atom is 0.188 e. The second-order valence-corrected chi connectivity index (χ2v) is 7.07. The summed E-state index contributed by atoms with van der Waals surface area (Å²) in [6.45, 7) is 0. The van der Waals surface area contributed by atoms with E-state index in [1.165, 1.54) is 11.3 Å². The highest BCUT2D eigenvalue weighted by molar-refractivity contribution is 7.91. The van der Waals surface area contributed by atoms with E-state index in [0.29, 0.717) is 16.7 Å². The van der Waals surface area contributed by atoms with Crippen molar-refractivity contribution in [3.63, 3.8) is 0 Å². The van der Waals surface area contributed by atoms with E-state index in [-0.39, 0.29) is 17.5 Å². The van der Waals surface area contributed by atoms with Crippen LogP contribution in [0.3, 0.4) is 0 Å². The van der Waals surface area contributed by atoms with Gasteiger partial charge in [-0.2, -0.15) is 0 Å². The fourth-order valence-corrected chi connectivity index (χ4v) is 4.05. The summed E-state index contributed by atoms with van der Waals surface area (Å²) in [6.07, 6.45) is 2.29. The summed E-state index contributed by atoms with van der Waals surface area (Å²) >= 11 is 6.50. The number of nitrogens with zero attached hydrogens (tertiary/aromatic N) is 1. The van der Waals surface area contributed by atoms with E-state index in [9.17, 15) is 8.42 Å². The zero-order valence-electron chi connectivity index (χ0n) is 8.34. The lowest BCUT2D eigenvalue weighted by atomic mass is 10.3. The van der Waals surface area contributed by atoms with Gasteiger partial charge in [0.15, 0.2) is 20.1 Å². The Balaban J connectivity index is 1.85. The molecule has 2 N–H and O–H groups in total. The molecule has 2 rings (SSSR count). The van der Waals surface area contributed by atoms with E-state index in [1.54, 1.807) is 6.20 Å². The molecule has 0 saturated carbocycles. The van der Waals surface area contributed by atoms with Crippen LogP contribution in [0.4, 0.5) is 5.13 Å². The Labute approximate surface area is 103 Å². The molecule has 0 aliphatic carbocycles. The Morgan fingerprint density at radius 3 is 3.00 bits per heavy atom. The van der Waals surface area contributed by atoms with Gasteiger partial charge >= 0.3 is 0 Å². The molecule has 0 aromatic carbocycles. The molecule has 8 heteroatoms. The lowest BCUT2D eigenvalue weighted by Gasteiger charge is -2.13. The van der Waals surface area contributed by atoms with Crippen molar-refractivity contribution in [3.8, 4) is 0 Å². The van der Waals surface area contributed by atoms with Crippen LogP contribution in [0.5, 0.6) is 0 Å². The normalized spacial score (nSPS) is 22.9. The number of hydrogen-bond donors (Lipinski definition) is 2. The molecular formula is C8H11N3O2S3. The smallest absolute Gasteiger partial charge is 0.188 e. The van der Waals surface area contributed by atoms with Crippen LogP contribution < -0.4 is 10.6 Å². The molecule has 0 amide bonds. The summed E-state index contributed by atoms with van der Waals surface area (Å²) in [5.41, 5.74) is 0. The first-order valence-electron chi connectivity index (χ1n) is 4.72. The number of anilines is 1. The van der Waals surface area contributed by atoms with Gasteiger partial charge in [0.1, 0.15) is 0 Å². The molecule has 1 aromatic heterocycles. The van der Waals surface area contributed by atoms with Crippen LogP contribution in [0, 0.1) is 0 Å². The van der Waals surface area contributed by atoms with Crippen LogP contribution in [-0.4, -0.2) is 36.1 Å². The number of thiocarbonyl (C=S) groups is 1. The topological polar surface area (TPSA) is 71.1 Å². The van der Waals surface area contributed by atoms with Crippen LogP contribution in [0.15, 0.2) is 11.6 Å². The second kappa shape index (κ2) is 4.64. The summed E-state index contributed by atoms with van der Waals surface area (Å²) in [4.78, 5) is 4.02. The van der Waals surface area contributed by atoms with Gasteiger partial charge in [-0.05, 0) is 18.6 Å². The van der Waals surface area contributed by atoms with Crippen molar-refractivity contribution >= 4 is 43.6 Å². The highest BCUT2D eigenvalue weighted by Gasteiger charge is 2.28. The fourth-order valence-electron chi connectivity index (χ4n) is 1.51. The highest BCUT2D eigenvalue weighted by Crippen LogP contribution is 2.13. The van der Waals surface area contributed by atoms with Crippen molar-refractivity contribution in [2.75, 3.05) is 16.8 Å². The van der Waals surface area contributed by atoms with E-state index in [0.717, 1.165) is 0 Å². The molecule has 1 saturated heterocycles. The SMILES string of the molecule is O=S1(=O)CC[C@@H](NC(=S)Nc2nccs2)C1. The van der Waals surface area contributed by atoms with Crippen molar-refractivity contribution in [3.05, 3.63) is 11.6 Å². The van der Waals surface area contributed by atoms with Crippen molar-refractivity contribution < 1.29 is 8.42 Å². The molecule has 1 aliphatic rings. The predicted octanol–water partition coefficient (Wildman–Crippen LogP) is 0.617. The van der Waals surface area contributed by atoms with Crippen molar-refractivity contribution in [1.82, 2.24) is 10.3 Å². The lowest BCUT2D eigenvalue weighted by molar-refractivity contribution is 0.600. The zero-order valence-corrected chi connectivity index (χ0v) is 10.8. The van der Waals surface area contributed by atoms with Gasteiger partial charge in [-0.1, -0.05) is 0 Å². The molecule has 5 nitrogen and oxygen atoms in total. The summed E-state index contributed by atoms with van der Waals surface area (Å²) < 4.78 is 22.5. The number of nitrogens with one attached hydrogen (secondary N) is 2. The summed E-state index contributed by atoms with van der Waals surface area (Å²) in [5, 5.41) is 8.86. The monoisotopic (exact) mass is 277 g/mol. The maximum atomic E-state index is 11.2. The van der Waals surface area contributed by atoms with E-state index in [1.807, 2.05) is 5.38 Å². The Morgan fingerprint density at radius 2 is 2.44 bits per heavy atom. The number of sulfone groups is 1. The average molecular weight is 277 g/mol. The van der Waals surface area contributed by atoms with Gasteiger partial charge in [-0.3, -0.25) is 0 Å². The fraction of sp³-hybridized carbons (Fsp3) is 0.500. The number of thiazole rings is 1. The zero-order chi connectivity index (χ0) is 11.6. The molecule has 0 spiro atoms. The maximum absolute atomic E-state index is 11.2. The minimum Gasteiger partial charge on any atom is -0.359 e. The number of aromatic nitrogens is 1. The first kappa shape index (κ1) is 11.7. The lowest BCUT2D eigenvalue weighted by Crippen LogP contribution is -2.38. The standard InChI is InChI=1S/C8H11N3O2S3/c12-16(13)4-1-6(5-16)10-7(14)11-8-9-2-3-15-8/h2-3,6H,1,4-5H2,(H2,9,10,11,14)/t6-/m1/s1. The number of rotatable bonds is 2. The van der Waals surface area contributed by atoms with Gasteiger partial charge in [0.25, 0.3) is 0 Å². The van der Waals surface area contributed by atoms with Crippen molar-refractivity contribution in [2.45, 2.75) is 12.5 Å². The predicted molar refractivity (Wildman–Crippen MR) is 68.5 cm³/mol. The van der Waals surface area contributed by atoms with Crippen molar-refractivity contribution in [2.24, 2.45) is 0 Å². The summed E-state index contributed by atoms with van der Waals surface area (Å²) in [6, 6.07) is -0.0787. The van der Waals surface area contributed by atoms with Gasteiger partial charge in [-0.25, -0.2) is 13.4 Å². The third-order valence-corrected chi connectivity index (χ3v) is 4.90. The minimum atomic E-state index is -2.87. The van der Waals surface area contributed by atoms with Crippen LogP contribution in [0.1, 0.15) is 6.42 Å². The molecule has 0 bridgehead atoms. The Kier molecular flexibility index (Phi) is 3.41. The number of hydrogen-bond acceptors (Lipinski definition) is 5. The van der Waals surface area contributed by atoms with Gasteiger partial charge in [0.2, 0.25) is 0 Å². The first-order valence-corrected chi connectivity index (χ1v) is 7.83. The van der Waals surface area contributed by atoms with E-state index in [2.05, 4.69) is 15.6 Å². The molecule has 1 aromatic rings.